The molecule has 0 radical (unpaired) electrons. The summed E-state index contributed by atoms with van der Waals surface area (Å²) in [5, 5.41) is 12.2. The average molecular weight is 343 g/mol. The molecule has 124 valence electrons. The van der Waals surface area contributed by atoms with Crippen molar-refractivity contribution in [3.63, 3.8) is 0 Å². The molecule has 0 fully saturated rings. The lowest BCUT2D eigenvalue weighted by atomic mass is 10.1. The highest BCUT2D eigenvalue weighted by Gasteiger charge is 2.16. The largest absolute Gasteiger partial charge is 0.451 e. The molecule has 3 rings (SSSR count). The first-order chi connectivity index (χ1) is 11.5. The van der Waals surface area contributed by atoms with Crippen LogP contribution in [-0.4, -0.2) is 16.1 Å². The lowest BCUT2D eigenvalue weighted by Crippen LogP contribution is -2.15. The Morgan fingerprint density at radius 2 is 2.08 bits per heavy atom. The Morgan fingerprint density at radius 3 is 2.75 bits per heavy atom. The molecule has 24 heavy (non-hydrogen) atoms. The van der Waals surface area contributed by atoms with E-state index in [0.29, 0.717) is 16.1 Å². The molecule has 3 aromatic rings. The van der Waals surface area contributed by atoms with Crippen LogP contribution in [0.1, 0.15) is 47.8 Å². The van der Waals surface area contributed by atoms with Gasteiger partial charge in [-0.2, -0.15) is 0 Å². The average Bonchev–Trinajstić information content (AvgIpc) is 3.03. The third-order valence-corrected chi connectivity index (χ3v) is 4.72. The van der Waals surface area contributed by atoms with Crippen LogP contribution in [0.2, 0.25) is 0 Å². The summed E-state index contributed by atoms with van der Waals surface area (Å²) in [6.45, 7) is 6.01. The molecule has 1 N–H and O–H groups in total. The zero-order valence-corrected chi connectivity index (χ0v) is 14.4. The van der Waals surface area contributed by atoms with Gasteiger partial charge in [-0.25, -0.2) is 0 Å². The number of carbonyl (C=O) groups is 1. The van der Waals surface area contributed by atoms with Crippen molar-refractivity contribution in [2.45, 2.75) is 33.1 Å². The molecule has 2 heterocycles. The van der Waals surface area contributed by atoms with Gasteiger partial charge in [0.15, 0.2) is 11.2 Å². The molecule has 7 heteroatoms. The van der Waals surface area contributed by atoms with Gasteiger partial charge in [0.25, 0.3) is 5.91 Å². The normalized spacial score (nSPS) is 11.2. The minimum absolute atomic E-state index is 0.0435. The zero-order chi connectivity index (χ0) is 17.3. The van der Waals surface area contributed by atoms with Crippen molar-refractivity contribution in [2.24, 2.45) is 0 Å². The number of carbonyl (C=O) groups excluding carboxylic acids is 1. The van der Waals surface area contributed by atoms with Crippen LogP contribution >= 0.6 is 11.3 Å². The number of rotatable bonds is 4. The fourth-order valence-electron chi connectivity index (χ4n) is 2.21. The highest BCUT2D eigenvalue weighted by Crippen LogP contribution is 2.23. The zero-order valence-electron chi connectivity index (χ0n) is 13.6. The van der Waals surface area contributed by atoms with Crippen molar-refractivity contribution in [3.8, 4) is 0 Å². The Balaban J connectivity index is 1.90. The smallest absolute Gasteiger partial charge is 0.293 e. The second-order valence-corrected chi connectivity index (χ2v) is 6.72. The molecular weight excluding hydrogens is 326 g/mol. The van der Waals surface area contributed by atoms with E-state index in [1.165, 1.54) is 17.4 Å². The van der Waals surface area contributed by atoms with Crippen molar-refractivity contribution in [1.29, 1.82) is 0 Å². The summed E-state index contributed by atoms with van der Waals surface area (Å²) in [6.07, 6.45) is 0.826. The van der Waals surface area contributed by atoms with Gasteiger partial charge in [-0.15, -0.1) is 10.2 Å². The molecule has 1 amide bonds. The number of aromatic nitrogens is 2. The number of hydrogen-bond donors (Lipinski definition) is 1. The summed E-state index contributed by atoms with van der Waals surface area (Å²) in [6, 6.07) is 6.60. The number of nitrogens with one attached hydrogen (secondary N) is 1. The van der Waals surface area contributed by atoms with Gasteiger partial charge in [-0.3, -0.25) is 14.9 Å². The van der Waals surface area contributed by atoms with E-state index in [2.05, 4.69) is 15.5 Å². The minimum Gasteiger partial charge on any atom is -0.451 e. The highest BCUT2D eigenvalue weighted by molar-refractivity contribution is 7.15. The fourth-order valence-corrected chi connectivity index (χ4v) is 2.95. The van der Waals surface area contributed by atoms with Crippen LogP contribution in [0.3, 0.4) is 0 Å². The van der Waals surface area contributed by atoms with Crippen LogP contribution in [0.15, 0.2) is 33.5 Å². The van der Waals surface area contributed by atoms with E-state index >= 15 is 0 Å². The molecule has 0 saturated heterocycles. The number of amides is 1. The van der Waals surface area contributed by atoms with Crippen molar-refractivity contribution in [3.05, 3.63) is 50.8 Å². The van der Waals surface area contributed by atoms with Gasteiger partial charge < -0.3 is 4.42 Å². The molecule has 1 aromatic carbocycles. The van der Waals surface area contributed by atoms with Crippen molar-refractivity contribution in [1.82, 2.24) is 10.2 Å². The third-order valence-electron chi connectivity index (χ3n) is 3.58. The van der Waals surface area contributed by atoms with Crippen LogP contribution < -0.4 is 10.7 Å². The predicted molar refractivity (Wildman–Crippen MR) is 93.8 cm³/mol. The van der Waals surface area contributed by atoms with Crippen LogP contribution in [0.4, 0.5) is 5.13 Å². The number of anilines is 1. The fraction of sp³-hybridized carbons (Fsp3) is 0.294. The van der Waals surface area contributed by atoms with Gasteiger partial charge in [0.1, 0.15) is 10.6 Å². The summed E-state index contributed by atoms with van der Waals surface area (Å²) in [4.78, 5) is 24.6. The van der Waals surface area contributed by atoms with Crippen LogP contribution in [0.5, 0.6) is 0 Å². The molecule has 0 aliphatic carbocycles. The third kappa shape index (κ3) is 3.21. The van der Waals surface area contributed by atoms with Crippen molar-refractivity contribution >= 4 is 33.3 Å². The topological polar surface area (TPSA) is 85.1 Å². The van der Waals surface area contributed by atoms with Gasteiger partial charge in [-0.05, 0) is 24.1 Å². The van der Waals surface area contributed by atoms with Gasteiger partial charge >= 0.3 is 0 Å². The molecule has 6 nitrogen and oxygen atoms in total. The Hall–Kier alpha value is -2.54. The quantitative estimate of drug-likeness (QED) is 0.782. The summed E-state index contributed by atoms with van der Waals surface area (Å²) in [7, 11) is 0. The van der Waals surface area contributed by atoms with Crippen molar-refractivity contribution < 1.29 is 9.21 Å². The minimum atomic E-state index is -0.514. The van der Waals surface area contributed by atoms with Gasteiger partial charge in [-0.1, -0.05) is 38.2 Å². The molecule has 0 saturated carbocycles. The number of benzene rings is 1. The van der Waals surface area contributed by atoms with E-state index in [9.17, 15) is 9.59 Å². The first-order valence-corrected chi connectivity index (χ1v) is 8.51. The number of nitrogens with zero attached hydrogens (tertiary/aromatic N) is 2. The Bertz CT molecular complexity index is 959. The lowest BCUT2D eigenvalue weighted by molar-refractivity contribution is 0.0997. The number of aryl methyl sites for hydroxylation is 1. The predicted octanol–water partition coefficient (Wildman–Crippen LogP) is 3.58. The highest BCUT2D eigenvalue weighted by atomic mass is 32.1. The Kier molecular flexibility index (Phi) is 4.44. The van der Waals surface area contributed by atoms with Gasteiger partial charge in [0, 0.05) is 12.0 Å². The molecule has 0 aliphatic heterocycles. The molecule has 0 spiro atoms. The van der Waals surface area contributed by atoms with E-state index in [-0.39, 0.29) is 17.1 Å². The molecule has 0 aliphatic rings. The number of fused-ring (bicyclic) bond motifs is 1. The van der Waals surface area contributed by atoms with Crippen LogP contribution in [0.25, 0.3) is 11.0 Å². The second-order valence-electron chi connectivity index (χ2n) is 5.71. The summed E-state index contributed by atoms with van der Waals surface area (Å²) >= 11 is 1.30. The summed E-state index contributed by atoms with van der Waals surface area (Å²) < 4.78 is 5.57. The molecule has 0 unspecified atom stereocenters. The summed E-state index contributed by atoms with van der Waals surface area (Å²) in [5.41, 5.74) is 1.20. The van der Waals surface area contributed by atoms with E-state index < -0.39 is 5.91 Å². The van der Waals surface area contributed by atoms with Crippen LogP contribution in [0, 0.1) is 0 Å². The maximum absolute atomic E-state index is 12.3. The first kappa shape index (κ1) is 16.3. The molecule has 0 bridgehead atoms. The van der Waals surface area contributed by atoms with Crippen LogP contribution in [-0.2, 0) is 6.42 Å². The van der Waals surface area contributed by atoms with E-state index in [0.717, 1.165) is 17.0 Å². The van der Waals surface area contributed by atoms with Gasteiger partial charge in [0.05, 0.1) is 5.39 Å². The SMILES string of the molecule is CCc1ccc2oc(C(=O)Nc3nnc(C(C)C)s3)cc(=O)c2c1. The van der Waals surface area contributed by atoms with E-state index in [1.54, 1.807) is 12.1 Å². The maximum Gasteiger partial charge on any atom is 0.293 e. The van der Waals surface area contributed by atoms with E-state index in [1.807, 2.05) is 26.8 Å². The Morgan fingerprint density at radius 1 is 1.29 bits per heavy atom. The van der Waals surface area contributed by atoms with E-state index in [4.69, 9.17) is 4.42 Å². The lowest BCUT2D eigenvalue weighted by Gasteiger charge is -2.04. The second kappa shape index (κ2) is 6.52. The monoisotopic (exact) mass is 343 g/mol. The van der Waals surface area contributed by atoms with Gasteiger partial charge in [0.2, 0.25) is 5.13 Å². The standard InChI is InChI=1S/C17H17N3O3S/c1-4-10-5-6-13-11(7-10)12(21)8-14(23-13)15(22)18-17-20-19-16(24-17)9(2)3/h5-9H,4H2,1-3H3,(H,18,20,22). The Labute approximate surface area is 142 Å². The molecular formula is C17H17N3O3S. The molecule has 0 atom stereocenters. The maximum atomic E-state index is 12.3. The number of hydrogen-bond acceptors (Lipinski definition) is 6. The van der Waals surface area contributed by atoms with Crippen molar-refractivity contribution in [2.75, 3.05) is 5.32 Å². The molecule has 2 aromatic heterocycles. The first-order valence-electron chi connectivity index (χ1n) is 7.69. The summed E-state index contributed by atoms with van der Waals surface area (Å²) in [5.74, 6) is -0.322.